The van der Waals surface area contributed by atoms with Gasteiger partial charge in [0, 0.05) is 26.4 Å². The van der Waals surface area contributed by atoms with Crippen molar-refractivity contribution in [3.8, 4) is 0 Å². The molecule has 3 N–H and O–H groups in total. The van der Waals surface area contributed by atoms with Crippen LogP contribution in [0.3, 0.4) is 0 Å². The highest BCUT2D eigenvalue weighted by atomic mass is 79.9. The molecule has 0 heterocycles. The van der Waals surface area contributed by atoms with Crippen LogP contribution in [0.25, 0.3) is 0 Å². The van der Waals surface area contributed by atoms with Gasteiger partial charge >= 0.3 is 0 Å². The fraction of sp³-hybridized carbons (Fsp3) is 0.0769. The Balaban J connectivity index is 2.38. The van der Waals surface area contributed by atoms with Crippen molar-refractivity contribution in [2.75, 3.05) is 11.1 Å². The molecular weight excluding hydrogens is 338 g/mol. The summed E-state index contributed by atoms with van der Waals surface area (Å²) in [6, 6.07) is 9.42. The van der Waals surface area contributed by atoms with Crippen LogP contribution in [0.5, 0.6) is 0 Å². The van der Waals surface area contributed by atoms with Crippen molar-refractivity contribution in [1.82, 2.24) is 0 Å². The summed E-state index contributed by atoms with van der Waals surface area (Å²) < 4.78 is 26.6. The number of alkyl halides is 2. The maximum atomic E-state index is 12.9. The lowest BCUT2D eigenvalue weighted by Crippen LogP contribution is -1.99. The number of rotatable bonds is 3. The molecule has 0 amide bonds. The summed E-state index contributed by atoms with van der Waals surface area (Å²) in [4.78, 5) is 0. The Morgan fingerprint density at radius 1 is 1.11 bits per heavy atom. The summed E-state index contributed by atoms with van der Waals surface area (Å²) in [5.41, 5.74) is 6.65. The third-order valence-electron chi connectivity index (χ3n) is 2.51. The minimum absolute atomic E-state index is 0.137. The zero-order valence-corrected chi connectivity index (χ0v) is 12.0. The molecule has 0 fully saturated rings. The van der Waals surface area contributed by atoms with Gasteiger partial charge in [0.1, 0.15) is 0 Å². The summed E-state index contributed by atoms with van der Waals surface area (Å²) in [5, 5.41) is 3.49. The quantitative estimate of drug-likeness (QED) is 0.733. The van der Waals surface area contributed by atoms with Crippen molar-refractivity contribution in [1.29, 1.82) is 0 Å². The molecule has 0 aliphatic rings. The maximum Gasteiger partial charge on any atom is 0.265 e. The van der Waals surface area contributed by atoms with E-state index in [0.717, 1.165) is 0 Å². The molecule has 0 spiro atoms. The van der Waals surface area contributed by atoms with E-state index in [-0.39, 0.29) is 5.56 Å². The molecule has 0 atom stereocenters. The number of nitrogens with two attached hydrogens (primary N) is 1. The first kappa shape index (κ1) is 14.1. The molecule has 0 bridgehead atoms. The zero-order chi connectivity index (χ0) is 14.0. The van der Waals surface area contributed by atoms with E-state index in [4.69, 9.17) is 17.3 Å². The number of nitrogens with one attached hydrogen (secondary N) is 1. The SMILES string of the molecule is Nc1ccc(Nc2ccc(Cl)cc2Br)c(C(F)F)c1. The van der Waals surface area contributed by atoms with Crippen molar-refractivity contribution in [3.05, 3.63) is 51.5 Å². The maximum absolute atomic E-state index is 12.9. The van der Waals surface area contributed by atoms with E-state index < -0.39 is 6.43 Å². The van der Waals surface area contributed by atoms with E-state index in [1.807, 2.05) is 0 Å². The zero-order valence-electron chi connectivity index (χ0n) is 9.63. The van der Waals surface area contributed by atoms with Crippen LogP contribution in [0, 0.1) is 0 Å². The minimum Gasteiger partial charge on any atom is -0.399 e. The van der Waals surface area contributed by atoms with Crippen LogP contribution in [-0.2, 0) is 0 Å². The molecule has 100 valence electrons. The third kappa shape index (κ3) is 3.36. The van der Waals surface area contributed by atoms with Gasteiger partial charge in [0.05, 0.1) is 5.69 Å². The number of benzene rings is 2. The number of hydrogen-bond donors (Lipinski definition) is 2. The Morgan fingerprint density at radius 2 is 1.79 bits per heavy atom. The number of anilines is 3. The van der Waals surface area contributed by atoms with E-state index in [2.05, 4.69) is 21.2 Å². The predicted octanol–water partition coefficient (Wildman–Crippen LogP) is 5.37. The van der Waals surface area contributed by atoms with Crippen molar-refractivity contribution < 1.29 is 8.78 Å². The third-order valence-corrected chi connectivity index (χ3v) is 3.40. The molecule has 2 aromatic carbocycles. The van der Waals surface area contributed by atoms with Gasteiger partial charge < -0.3 is 11.1 Å². The lowest BCUT2D eigenvalue weighted by Gasteiger charge is -2.13. The second kappa shape index (κ2) is 5.75. The number of halogens is 4. The van der Waals surface area contributed by atoms with Gasteiger partial charge in [0.2, 0.25) is 0 Å². The smallest absolute Gasteiger partial charge is 0.265 e. The summed E-state index contributed by atoms with van der Waals surface area (Å²) in [6.07, 6.45) is -2.60. The van der Waals surface area contributed by atoms with Crippen LogP contribution in [0.4, 0.5) is 25.8 Å². The van der Waals surface area contributed by atoms with Gasteiger partial charge in [-0.05, 0) is 52.3 Å². The van der Waals surface area contributed by atoms with E-state index >= 15 is 0 Å². The van der Waals surface area contributed by atoms with Gasteiger partial charge in [-0.2, -0.15) is 0 Å². The van der Waals surface area contributed by atoms with Crippen molar-refractivity contribution in [2.24, 2.45) is 0 Å². The van der Waals surface area contributed by atoms with Gasteiger partial charge in [0.25, 0.3) is 6.43 Å². The molecule has 6 heteroatoms. The number of hydrogen-bond acceptors (Lipinski definition) is 2. The molecule has 19 heavy (non-hydrogen) atoms. The van der Waals surface area contributed by atoms with Crippen LogP contribution in [0.2, 0.25) is 5.02 Å². The van der Waals surface area contributed by atoms with E-state index in [1.165, 1.54) is 12.1 Å². The van der Waals surface area contributed by atoms with Gasteiger partial charge in [0.15, 0.2) is 0 Å². The highest BCUT2D eigenvalue weighted by molar-refractivity contribution is 9.10. The highest BCUT2D eigenvalue weighted by Gasteiger charge is 2.14. The van der Waals surface area contributed by atoms with E-state index in [0.29, 0.717) is 26.6 Å². The molecule has 2 aromatic rings. The molecular formula is C13H10BrClF2N2. The van der Waals surface area contributed by atoms with E-state index in [9.17, 15) is 8.78 Å². The molecule has 0 saturated carbocycles. The fourth-order valence-corrected chi connectivity index (χ4v) is 2.39. The topological polar surface area (TPSA) is 38.0 Å². The highest BCUT2D eigenvalue weighted by Crippen LogP contribution is 2.34. The van der Waals surface area contributed by atoms with Crippen LogP contribution < -0.4 is 11.1 Å². The average molecular weight is 348 g/mol. The molecule has 0 aliphatic carbocycles. The van der Waals surface area contributed by atoms with Crippen LogP contribution in [0.1, 0.15) is 12.0 Å². The first-order chi connectivity index (χ1) is 8.97. The van der Waals surface area contributed by atoms with Gasteiger partial charge in [-0.25, -0.2) is 8.78 Å². The molecule has 0 aromatic heterocycles. The van der Waals surface area contributed by atoms with Crippen molar-refractivity contribution in [2.45, 2.75) is 6.43 Å². The Labute approximate surface area is 122 Å². The first-order valence-corrected chi connectivity index (χ1v) is 6.54. The summed E-state index contributed by atoms with van der Waals surface area (Å²) in [5.74, 6) is 0. The van der Waals surface area contributed by atoms with Gasteiger partial charge in [-0.3, -0.25) is 0 Å². The molecule has 2 rings (SSSR count). The second-order valence-electron chi connectivity index (χ2n) is 3.90. The van der Waals surface area contributed by atoms with Crippen molar-refractivity contribution in [3.63, 3.8) is 0 Å². The van der Waals surface area contributed by atoms with Gasteiger partial charge in [-0.1, -0.05) is 11.6 Å². The monoisotopic (exact) mass is 346 g/mol. The minimum atomic E-state index is -2.60. The van der Waals surface area contributed by atoms with Crippen LogP contribution in [0.15, 0.2) is 40.9 Å². The summed E-state index contributed by atoms with van der Waals surface area (Å²) in [6.45, 7) is 0. The Kier molecular flexibility index (Phi) is 4.27. The van der Waals surface area contributed by atoms with Crippen LogP contribution >= 0.6 is 27.5 Å². The van der Waals surface area contributed by atoms with E-state index in [1.54, 1.807) is 24.3 Å². The molecule has 0 saturated heterocycles. The molecule has 2 nitrogen and oxygen atoms in total. The lowest BCUT2D eigenvalue weighted by molar-refractivity contribution is 0.152. The summed E-state index contributed by atoms with van der Waals surface area (Å²) in [7, 11) is 0. The van der Waals surface area contributed by atoms with Crippen LogP contribution in [-0.4, -0.2) is 0 Å². The predicted molar refractivity (Wildman–Crippen MR) is 78.2 cm³/mol. The Bertz CT molecular complexity index is 605. The first-order valence-electron chi connectivity index (χ1n) is 5.37. The molecule has 0 unspecified atom stereocenters. The second-order valence-corrected chi connectivity index (χ2v) is 5.19. The Morgan fingerprint density at radius 3 is 2.42 bits per heavy atom. The summed E-state index contributed by atoms with van der Waals surface area (Å²) >= 11 is 9.15. The molecule has 0 radical (unpaired) electrons. The average Bonchev–Trinajstić information content (AvgIpc) is 2.34. The van der Waals surface area contributed by atoms with Gasteiger partial charge in [-0.15, -0.1) is 0 Å². The lowest BCUT2D eigenvalue weighted by atomic mass is 10.1. The molecule has 0 aliphatic heterocycles. The van der Waals surface area contributed by atoms with Crippen molar-refractivity contribution >= 4 is 44.6 Å². The fourth-order valence-electron chi connectivity index (χ4n) is 1.61. The number of nitrogen functional groups attached to an aromatic ring is 1. The Hall–Kier alpha value is -1.33. The normalized spacial score (nSPS) is 10.8. The standard InChI is InChI=1S/C13H10BrClF2N2/c14-10-5-7(15)1-3-12(10)19-11-4-2-8(18)6-9(11)13(16)17/h1-6,13,19H,18H2. The largest absolute Gasteiger partial charge is 0.399 e.